The minimum atomic E-state index is -0.239. The number of halogens is 2. The first-order valence-corrected chi connectivity index (χ1v) is 7.67. The van der Waals surface area contributed by atoms with Gasteiger partial charge in [-0.05, 0) is 42.9 Å². The summed E-state index contributed by atoms with van der Waals surface area (Å²) in [5, 5.41) is 0.603. The van der Waals surface area contributed by atoms with Gasteiger partial charge in [0.05, 0.1) is 0 Å². The molecule has 0 unspecified atom stereocenters. The lowest BCUT2D eigenvalue weighted by Crippen LogP contribution is -2.22. The van der Waals surface area contributed by atoms with Crippen molar-refractivity contribution in [3.63, 3.8) is 0 Å². The van der Waals surface area contributed by atoms with Crippen molar-refractivity contribution in [1.82, 2.24) is 4.90 Å². The van der Waals surface area contributed by atoms with Crippen LogP contribution in [-0.4, -0.2) is 30.8 Å². The Bertz CT molecular complexity index is 686. The number of rotatable bonds is 3. The number of Topliss-reactive ketones (excluding diaryl/α,β-unsaturated/α-hetero) is 1. The molecule has 0 radical (unpaired) electrons. The number of nitrogens with zero attached hydrogens (tertiary/aromatic N) is 1. The van der Waals surface area contributed by atoms with Crippen LogP contribution in [0, 0.1) is 11.7 Å². The normalized spacial score (nSPS) is 22.0. The molecule has 22 heavy (non-hydrogen) atoms. The van der Waals surface area contributed by atoms with Crippen molar-refractivity contribution in [2.75, 3.05) is 20.1 Å². The Morgan fingerprint density at radius 3 is 2.50 bits per heavy atom. The van der Waals surface area contributed by atoms with Gasteiger partial charge in [-0.2, -0.15) is 0 Å². The molecule has 0 bridgehead atoms. The Labute approximate surface area is 134 Å². The van der Waals surface area contributed by atoms with Gasteiger partial charge in [0.25, 0.3) is 0 Å². The highest BCUT2D eigenvalue weighted by atomic mass is 35.5. The van der Waals surface area contributed by atoms with Crippen molar-refractivity contribution in [3.05, 3.63) is 70.5 Å². The highest BCUT2D eigenvalue weighted by Crippen LogP contribution is 2.35. The molecule has 0 spiro atoms. The Kier molecular flexibility index (Phi) is 4.27. The summed E-state index contributed by atoms with van der Waals surface area (Å²) in [7, 11) is 1.96. The molecule has 1 aliphatic rings. The van der Waals surface area contributed by atoms with E-state index in [4.69, 9.17) is 11.6 Å². The maximum Gasteiger partial charge on any atom is 0.167 e. The summed E-state index contributed by atoms with van der Waals surface area (Å²) in [6, 6.07) is 13.6. The van der Waals surface area contributed by atoms with Gasteiger partial charge in [-0.1, -0.05) is 29.8 Å². The first-order valence-electron chi connectivity index (χ1n) is 7.29. The molecular formula is C18H17ClFNO. The maximum absolute atomic E-state index is 14.1. The summed E-state index contributed by atoms with van der Waals surface area (Å²) < 4.78 is 14.1. The number of likely N-dealkylation sites (N-methyl/N-ethyl adjacent to an activating group) is 1. The number of likely N-dealkylation sites (tertiary alicyclic amines) is 1. The second kappa shape index (κ2) is 6.19. The van der Waals surface area contributed by atoms with E-state index in [1.54, 1.807) is 36.4 Å². The molecule has 4 heteroatoms. The lowest BCUT2D eigenvalue weighted by molar-refractivity contribution is 0.0915. The van der Waals surface area contributed by atoms with E-state index in [1.807, 2.05) is 13.1 Å². The van der Waals surface area contributed by atoms with E-state index < -0.39 is 0 Å². The molecule has 2 aromatic rings. The third kappa shape index (κ3) is 2.92. The van der Waals surface area contributed by atoms with Crippen LogP contribution in [0.4, 0.5) is 4.39 Å². The van der Waals surface area contributed by atoms with Crippen molar-refractivity contribution < 1.29 is 9.18 Å². The number of carbonyl (C=O) groups is 1. The molecule has 0 saturated carbocycles. The molecule has 0 aromatic heterocycles. The molecule has 0 amide bonds. The quantitative estimate of drug-likeness (QED) is 0.797. The van der Waals surface area contributed by atoms with Crippen LogP contribution in [0.25, 0.3) is 0 Å². The Hall–Kier alpha value is -1.71. The van der Waals surface area contributed by atoms with Gasteiger partial charge >= 0.3 is 0 Å². The monoisotopic (exact) mass is 317 g/mol. The zero-order chi connectivity index (χ0) is 15.7. The van der Waals surface area contributed by atoms with Crippen LogP contribution in [0.2, 0.25) is 5.02 Å². The van der Waals surface area contributed by atoms with E-state index in [0.29, 0.717) is 29.2 Å². The average Bonchev–Trinajstić information content (AvgIpc) is 2.89. The number of hydrogen-bond donors (Lipinski definition) is 0. The summed E-state index contributed by atoms with van der Waals surface area (Å²) in [4.78, 5) is 14.9. The standard InChI is InChI=1S/C18H17ClFNO/c1-21-10-15(14-4-2-3-5-17(14)20)16(11-21)18(22)12-6-8-13(19)9-7-12/h2-9,15-16H,10-11H2,1H3/t15-,16+/m0/s1. The van der Waals surface area contributed by atoms with Crippen LogP contribution in [0.5, 0.6) is 0 Å². The van der Waals surface area contributed by atoms with E-state index in [1.165, 1.54) is 6.07 Å². The molecule has 0 aliphatic carbocycles. The second-order valence-corrected chi connectivity index (χ2v) is 6.26. The minimum absolute atomic E-state index is 0.0502. The Balaban J connectivity index is 1.92. The van der Waals surface area contributed by atoms with Crippen molar-refractivity contribution in [1.29, 1.82) is 0 Å². The van der Waals surface area contributed by atoms with Crippen LogP contribution in [0.15, 0.2) is 48.5 Å². The second-order valence-electron chi connectivity index (χ2n) is 5.83. The van der Waals surface area contributed by atoms with E-state index in [-0.39, 0.29) is 23.4 Å². The SMILES string of the molecule is CN1C[C@@H](C(=O)c2ccc(Cl)cc2)[C@H](c2ccccc2F)C1. The maximum atomic E-state index is 14.1. The number of hydrogen-bond acceptors (Lipinski definition) is 2. The van der Waals surface area contributed by atoms with Gasteiger partial charge in [0.15, 0.2) is 5.78 Å². The van der Waals surface area contributed by atoms with E-state index >= 15 is 0 Å². The molecule has 1 heterocycles. The summed E-state index contributed by atoms with van der Waals surface area (Å²) >= 11 is 5.88. The predicted molar refractivity (Wildman–Crippen MR) is 85.9 cm³/mol. The lowest BCUT2D eigenvalue weighted by atomic mass is 9.83. The van der Waals surface area contributed by atoms with E-state index in [9.17, 15) is 9.18 Å². The first kappa shape index (κ1) is 15.2. The van der Waals surface area contributed by atoms with Crippen molar-refractivity contribution >= 4 is 17.4 Å². The van der Waals surface area contributed by atoms with E-state index in [0.717, 1.165) is 0 Å². The molecule has 3 rings (SSSR count). The number of carbonyl (C=O) groups excluding carboxylic acids is 1. The molecule has 114 valence electrons. The van der Waals surface area contributed by atoms with Crippen LogP contribution in [-0.2, 0) is 0 Å². The average molecular weight is 318 g/mol. The summed E-state index contributed by atoms with van der Waals surface area (Å²) in [5.74, 6) is -0.538. The van der Waals surface area contributed by atoms with Crippen LogP contribution in [0.1, 0.15) is 21.8 Å². The lowest BCUT2D eigenvalue weighted by Gasteiger charge is -2.18. The first-order chi connectivity index (χ1) is 10.6. The zero-order valence-electron chi connectivity index (χ0n) is 12.3. The van der Waals surface area contributed by atoms with E-state index in [2.05, 4.69) is 4.90 Å². The molecule has 0 N–H and O–H groups in total. The summed E-state index contributed by atoms with van der Waals surface area (Å²) in [5.41, 5.74) is 1.25. The van der Waals surface area contributed by atoms with Gasteiger partial charge in [-0.3, -0.25) is 4.79 Å². The summed E-state index contributed by atoms with van der Waals surface area (Å²) in [6.45, 7) is 1.32. The third-order valence-corrected chi connectivity index (χ3v) is 4.52. The fourth-order valence-corrected chi connectivity index (χ4v) is 3.31. The van der Waals surface area contributed by atoms with Gasteiger partial charge in [0, 0.05) is 35.5 Å². The minimum Gasteiger partial charge on any atom is -0.305 e. The number of benzene rings is 2. The highest BCUT2D eigenvalue weighted by Gasteiger charge is 2.38. The van der Waals surface area contributed by atoms with Crippen molar-refractivity contribution in [2.24, 2.45) is 5.92 Å². The van der Waals surface area contributed by atoms with Crippen molar-refractivity contribution in [3.8, 4) is 0 Å². The Morgan fingerprint density at radius 2 is 1.82 bits per heavy atom. The highest BCUT2D eigenvalue weighted by molar-refractivity contribution is 6.30. The fraction of sp³-hybridized carbons (Fsp3) is 0.278. The topological polar surface area (TPSA) is 20.3 Å². The van der Waals surface area contributed by atoms with Crippen molar-refractivity contribution in [2.45, 2.75) is 5.92 Å². The molecule has 1 aliphatic heterocycles. The smallest absolute Gasteiger partial charge is 0.167 e. The summed E-state index contributed by atoms with van der Waals surface area (Å²) in [6.07, 6.45) is 0. The number of ketones is 1. The van der Waals surface area contributed by atoms with Gasteiger partial charge < -0.3 is 4.90 Å². The van der Waals surface area contributed by atoms with Crippen LogP contribution in [0.3, 0.4) is 0 Å². The van der Waals surface area contributed by atoms with Gasteiger partial charge in [0.1, 0.15) is 5.82 Å². The van der Waals surface area contributed by atoms with Crippen LogP contribution < -0.4 is 0 Å². The largest absolute Gasteiger partial charge is 0.305 e. The predicted octanol–water partition coefficient (Wildman–Crippen LogP) is 4.01. The third-order valence-electron chi connectivity index (χ3n) is 4.27. The Morgan fingerprint density at radius 1 is 1.14 bits per heavy atom. The molecule has 2 aromatic carbocycles. The molecular weight excluding hydrogens is 301 g/mol. The van der Waals surface area contributed by atoms with Crippen LogP contribution >= 0.6 is 11.6 Å². The molecule has 1 fully saturated rings. The fourth-order valence-electron chi connectivity index (χ4n) is 3.19. The molecule has 1 saturated heterocycles. The molecule has 2 atom stereocenters. The zero-order valence-corrected chi connectivity index (χ0v) is 13.1. The van der Waals surface area contributed by atoms with Gasteiger partial charge in [-0.25, -0.2) is 4.39 Å². The van der Waals surface area contributed by atoms with Gasteiger partial charge in [0.2, 0.25) is 0 Å². The van der Waals surface area contributed by atoms with Gasteiger partial charge in [-0.15, -0.1) is 0 Å². The molecule has 2 nitrogen and oxygen atoms in total.